The summed E-state index contributed by atoms with van der Waals surface area (Å²) in [4.78, 5) is 11.9. The first-order chi connectivity index (χ1) is 8.54. The topological polar surface area (TPSA) is 38.3 Å². The molecular formula is C12H12BrF2NO2. The molecule has 0 aliphatic heterocycles. The molecule has 2 rings (SSSR count). The molecule has 0 heterocycles. The van der Waals surface area contributed by atoms with Gasteiger partial charge in [-0.15, -0.1) is 0 Å². The lowest BCUT2D eigenvalue weighted by molar-refractivity contribution is -0.0498. The number of carbonyl (C=O) groups excluding carboxylic acids is 1. The summed E-state index contributed by atoms with van der Waals surface area (Å²) in [5, 5.41) is 3.64. The molecule has 3 nitrogen and oxygen atoms in total. The van der Waals surface area contributed by atoms with Gasteiger partial charge in [0, 0.05) is 10.9 Å². The maximum Gasteiger partial charge on any atom is 0.387 e. The van der Waals surface area contributed by atoms with Crippen LogP contribution in [0.2, 0.25) is 0 Å². The van der Waals surface area contributed by atoms with Crippen LogP contribution in [0.3, 0.4) is 0 Å². The lowest BCUT2D eigenvalue weighted by Gasteiger charge is -2.14. The first-order valence-corrected chi connectivity index (χ1v) is 6.60. The number of nitrogens with one attached hydrogen (secondary N) is 1. The van der Waals surface area contributed by atoms with Crippen LogP contribution < -0.4 is 10.1 Å². The number of hydrogen-bond donors (Lipinski definition) is 1. The number of carbonyl (C=O) groups is 1. The first-order valence-electron chi connectivity index (χ1n) is 5.48. The van der Waals surface area contributed by atoms with Gasteiger partial charge in [-0.1, -0.05) is 15.9 Å². The smallest absolute Gasteiger partial charge is 0.387 e. The van der Waals surface area contributed by atoms with Crippen LogP contribution in [-0.2, 0) is 0 Å². The van der Waals surface area contributed by atoms with Crippen LogP contribution in [0, 0.1) is 0 Å². The minimum Gasteiger partial charge on any atom is -0.435 e. The summed E-state index contributed by atoms with van der Waals surface area (Å²) in [6.07, 6.45) is 1.91. The fourth-order valence-corrected chi connectivity index (χ4v) is 2.24. The molecule has 1 aromatic rings. The maximum absolute atomic E-state index is 11.9. The van der Waals surface area contributed by atoms with Gasteiger partial charge in [0.2, 0.25) is 0 Å². The number of halogens is 3. The molecule has 1 amide bonds. The second kappa shape index (κ2) is 5.22. The minimum atomic E-state index is -2.85. The fourth-order valence-electron chi connectivity index (χ4n) is 1.54. The van der Waals surface area contributed by atoms with Gasteiger partial charge < -0.3 is 10.1 Å². The predicted molar refractivity (Wildman–Crippen MR) is 66.3 cm³/mol. The minimum absolute atomic E-state index is 0.0446. The van der Waals surface area contributed by atoms with Crippen LogP contribution in [0.5, 0.6) is 5.75 Å². The van der Waals surface area contributed by atoms with Crippen molar-refractivity contribution in [3.63, 3.8) is 0 Å². The molecule has 0 spiro atoms. The van der Waals surface area contributed by atoms with Crippen molar-refractivity contribution in [1.29, 1.82) is 0 Å². The second-order valence-corrected chi connectivity index (χ2v) is 4.83. The zero-order valence-corrected chi connectivity index (χ0v) is 11.0. The van der Waals surface area contributed by atoms with Crippen molar-refractivity contribution in [3.05, 3.63) is 29.8 Å². The third-order valence-electron chi connectivity index (χ3n) is 2.83. The van der Waals surface area contributed by atoms with Crippen molar-refractivity contribution in [1.82, 2.24) is 5.32 Å². The molecule has 18 heavy (non-hydrogen) atoms. The summed E-state index contributed by atoms with van der Waals surface area (Å²) in [6, 6.07) is 5.65. The summed E-state index contributed by atoms with van der Waals surface area (Å²) in [7, 11) is 0. The van der Waals surface area contributed by atoms with E-state index in [0.717, 1.165) is 18.2 Å². The molecule has 1 fully saturated rings. The number of hydrogen-bond acceptors (Lipinski definition) is 2. The van der Waals surface area contributed by atoms with Crippen LogP contribution in [0.4, 0.5) is 8.78 Å². The van der Waals surface area contributed by atoms with Gasteiger partial charge in [-0.25, -0.2) is 0 Å². The van der Waals surface area contributed by atoms with E-state index < -0.39 is 6.61 Å². The Balaban J connectivity index is 1.98. The zero-order chi connectivity index (χ0) is 13.2. The van der Waals surface area contributed by atoms with Crippen LogP contribution >= 0.6 is 15.9 Å². The van der Waals surface area contributed by atoms with Gasteiger partial charge in [0.05, 0.1) is 5.54 Å². The molecule has 0 unspecified atom stereocenters. The summed E-state index contributed by atoms with van der Waals surface area (Å²) < 4.78 is 28.1. The van der Waals surface area contributed by atoms with E-state index in [1.54, 1.807) is 0 Å². The Kier molecular flexibility index (Phi) is 3.85. The molecule has 1 aliphatic carbocycles. The van der Waals surface area contributed by atoms with Crippen LogP contribution in [0.15, 0.2) is 24.3 Å². The molecular weight excluding hydrogens is 308 g/mol. The molecule has 6 heteroatoms. The largest absolute Gasteiger partial charge is 0.435 e. The van der Waals surface area contributed by atoms with Gasteiger partial charge in [-0.05, 0) is 37.1 Å². The zero-order valence-electron chi connectivity index (χ0n) is 9.46. The molecule has 0 aromatic heterocycles. The Morgan fingerprint density at radius 1 is 1.39 bits per heavy atom. The van der Waals surface area contributed by atoms with Crippen molar-refractivity contribution in [3.8, 4) is 5.75 Å². The first kappa shape index (κ1) is 13.3. The van der Waals surface area contributed by atoms with E-state index >= 15 is 0 Å². The van der Waals surface area contributed by atoms with E-state index in [1.165, 1.54) is 24.3 Å². The van der Waals surface area contributed by atoms with Crippen LogP contribution in [0.25, 0.3) is 0 Å². The van der Waals surface area contributed by atoms with Gasteiger partial charge in [-0.2, -0.15) is 8.78 Å². The van der Waals surface area contributed by atoms with Crippen molar-refractivity contribution in [2.24, 2.45) is 0 Å². The molecule has 1 aromatic carbocycles. The normalized spacial score (nSPS) is 16.4. The van der Waals surface area contributed by atoms with Gasteiger partial charge in [-0.3, -0.25) is 4.79 Å². The van der Waals surface area contributed by atoms with E-state index in [2.05, 4.69) is 26.0 Å². The summed E-state index contributed by atoms with van der Waals surface area (Å²) in [6.45, 7) is -2.85. The van der Waals surface area contributed by atoms with E-state index in [-0.39, 0.29) is 17.2 Å². The molecule has 98 valence electrons. The van der Waals surface area contributed by atoms with Gasteiger partial charge in [0.15, 0.2) is 0 Å². The van der Waals surface area contributed by atoms with Crippen molar-refractivity contribution in [2.75, 3.05) is 5.33 Å². The van der Waals surface area contributed by atoms with Crippen molar-refractivity contribution in [2.45, 2.75) is 25.0 Å². The summed E-state index contributed by atoms with van der Waals surface area (Å²) >= 11 is 3.36. The molecule has 0 bridgehead atoms. The van der Waals surface area contributed by atoms with Crippen molar-refractivity contribution >= 4 is 21.8 Å². The number of rotatable bonds is 5. The number of ether oxygens (including phenoxy) is 1. The lowest BCUT2D eigenvalue weighted by atomic mass is 10.2. The molecule has 0 atom stereocenters. The van der Waals surface area contributed by atoms with Crippen molar-refractivity contribution < 1.29 is 18.3 Å². The van der Waals surface area contributed by atoms with Gasteiger partial charge in [0.25, 0.3) is 5.91 Å². The molecule has 1 N–H and O–H groups in total. The third-order valence-corrected chi connectivity index (χ3v) is 3.90. The highest BCUT2D eigenvalue weighted by atomic mass is 79.9. The second-order valence-electron chi connectivity index (χ2n) is 4.27. The summed E-state index contributed by atoms with van der Waals surface area (Å²) in [5.41, 5.74) is 0.304. The monoisotopic (exact) mass is 319 g/mol. The van der Waals surface area contributed by atoms with Gasteiger partial charge in [0.1, 0.15) is 5.75 Å². The number of amides is 1. The lowest BCUT2D eigenvalue weighted by Crippen LogP contribution is -2.38. The molecule has 0 saturated heterocycles. The Morgan fingerprint density at radius 2 is 2.00 bits per heavy atom. The van der Waals surface area contributed by atoms with Crippen LogP contribution in [-0.4, -0.2) is 23.4 Å². The highest BCUT2D eigenvalue weighted by Gasteiger charge is 2.42. The Labute approximate surface area is 112 Å². The summed E-state index contributed by atoms with van der Waals surface area (Å²) in [5.74, 6) is -0.154. The third kappa shape index (κ3) is 3.19. The predicted octanol–water partition coefficient (Wildman–Crippen LogP) is 2.95. The Morgan fingerprint density at radius 3 is 2.44 bits per heavy atom. The molecule has 1 aliphatic rings. The standard InChI is InChI=1S/C12H12BrF2NO2/c13-7-12(5-6-12)16-10(17)8-1-3-9(4-2-8)18-11(14)15/h1-4,11H,5-7H2,(H,16,17). The SMILES string of the molecule is O=C(NC1(CBr)CC1)c1ccc(OC(F)F)cc1. The quantitative estimate of drug-likeness (QED) is 0.847. The number of benzene rings is 1. The van der Waals surface area contributed by atoms with Crippen LogP contribution in [0.1, 0.15) is 23.2 Å². The van der Waals surface area contributed by atoms with Gasteiger partial charge >= 0.3 is 6.61 Å². The molecule has 1 saturated carbocycles. The fraction of sp³-hybridized carbons (Fsp3) is 0.417. The van der Waals surface area contributed by atoms with E-state index in [9.17, 15) is 13.6 Å². The highest BCUT2D eigenvalue weighted by molar-refractivity contribution is 9.09. The van der Waals surface area contributed by atoms with E-state index in [4.69, 9.17) is 0 Å². The molecule has 0 radical (unpaired) electrons. The average Bonchev–Trinajstić information content (AvgIpc) is 3.09. The van der Waals surface area contributed by atoms with E-state index in [0.29, 0.717) is 5.56 Å². The Hall–Kier alpha value is -1.17. The maximum atomic E-state index is 11.9. The Bertz CT molecular complexity index is 432. The van der Waals surface area contributed by atoms with E-state index in [1.807, 2.05) is 0 Å². The highest BCUT2D eigenvalue weighted by Crippen LogP contribution is 2.37. The average molecular weight is 320 g/mol. The number of alkyl halides is 3.